The maximum atomic E-state index is 13.1. The van der Waals surface area contributed by atoms with Crippen molar-refractivity contribution < 1.29 is 4.79 Å². The molecule has 0 unspecified atom stereocenters. The number of H-pyrrole nitrogens is 1. The van der Waals surface area contributed by atoms with Crippen LogP contribution in [0.3, 0.4) is 0 Å². The lowest BCUT2D eigenvalue weighted by atomic mass is 9.91. The van der Waals surface area contributed by atoms with Crippen molar-refractivity contribution in [3.8, 4) is 0 Å². The molecule has 0 bridgehead atoms. The van der Waals surface area contributed by atoms with E-state index < -0.39 is 11.2 Å². The van der Waals surface area contributed by atoms with Gasteiger partial charge in [0.05, 0.1) is 10.9 Å². The predicted molar refractivity (Wildman–Crippen MR) is 131 cm³/mol. The van der Waals surface area contributed by atoms with Crippen LogP contribution >= 0.6 is 0 Å². The van der Waals surface area contributed by atoms with E-state index in [0.29, 0.717) is 6.54 Å². The number of carbonyl (C=O) groups excluding carboxylic acids is 1. The van der Waals surface area contributed by atoms with Crippen LogP contribution in [-0.2, 0) is 14.1 Å². The van der Waals surface area contributed by atoms with Gasteiger partial charge in [0.1, 0.15) is 5.65 Å². The van der Waals surface area contributed by atoms with Gasteiger partial charge < -0.3 is 10.3 Å². The molecule has 170 valence electrons. The highest BCUT2D eigenvalue weighted by molar-refractivity contribution is 5.96. The number of nitrogens with zero attached hydrogens (tertiary/aromatic N) is 3. The second-order valence-electron chi connectivity index (χ2n) is 8.26. The van der Waals surface area contributed by atoms with E-state index in [1.165, 1.54) is 23.9 Å². The molecule has 2 N–H and O–H groups in total. The fourth-order valence-electron chi connectivity index (χ4n) is 4.36. The van der Waals surface area contributed by atoms with Crippen LogP contribution in [0, 0.1) is 0 Å². The molecule has 8 nitrogen and oxygen atoms in total. The van der Waals surface area contributed by atoms with Gasteiger partial charge >= 0.3 is 5.69 Å². The SMILES string of the molecule is Cn1c(=O)c2cc(C(=O)NC[C@H](c3ccccc3)c3c[nH]c4ccccc34)cnc2n(C)c1=O. The number of fused-ring (bicyclic) bond motifs is 2. The van der Waals surface area contributed by atoms with Gasteiger partial charge in [-0.15, -0.1) is 0 Å². The zero-order valence-corrected chi connectivity index (χ0v) is 18.8. The molecule has 3 heterocycles. The van der Waals surface area contributed by atoms with Gasteiger partial charge in [-0.25, -0.2) is 9.78 Å². The lowest BCUT2D eigenvalue weighted by Crippen LogP contribution is -2.37. The summed E-state index contributed by atoms with van der Waals surface area (Å²) in [6.07, 6.45) is 3.37. The number of hydrogen-bond donors (Lipinski definition) is 2. The largest absolute Gasteiger partial charge is 0.361 e. The molecular weight excluding hydrogens is 430 g/mol. The van der Waals surface area contributed by atoms with Crippen molar-refractivity contribution in [1.82, 2.24) is 24.4 Å². The summed E-state index contributed by atoms with van der Waals surface area (Å²) in [5.74, 6) is -0.422. The number of aromatic amines is 1. The van der Waals surface area contributed by atoms with Crippen LogP contribution in [0.1, 0.15) is 27.4 Å². The fourth-order valence-corrected chi connectivity index (χ4v) is 4.36. The molecule has 8 heteroatoms. The van der Waals surface area contributed by atoms with E-state index in [1.807, 2.05) is 54.7 Å². The van der Waals surface area contributed by atoms with Crippen molar-refractivity contribution in [3.63, 3.8) is 0 Å². The molecule has 5 aromatic rings. The average Bonchev–Trinajstić information content (AvgIpc) is 3.30. The quantitative estimate of drug-likeness (QED) is 0.427. The number of carbonyl (C=O) groups is 1. The summed E-state index contributed by atoms with van der Waals surface area (Å²) in [7, 11) is 2.95. The van der Waals surface area contributed by atoms with Gasteiger partial charge in [0, 0.05) is 49.9 Å². The standard InChI is InChI=1S/C26H23N5O3/c1-30-23-19(25(33)31(2)26(30)34)12-17(13-28-23)24(32)29-14-20(16-8-4-3-5-9-16)21-15-27-22-11-7-6-10-18(21)22/h3-13,15,20,27H,14H2,1-2H3,(H,29,32)/t20-/m1/s1. The van der Waals surface area contributed by atoms with Gasteiger partial charge in [0.15, 0.2) is 0 Å². The highest BCUT2D eigenvalue weighted by Crippen LogP contribution is 2.30. The van der Waals surface area contributed by atoms with Gasteiger partial charge in [-0.05, 0) is 23.3 Å². The molecular formula is C26H23N5O3. The average molecular weight is 454 g/mol. The molecule has 1 amide bonds. The number of nitrogens with one attached hydrogen (secondary N) is 2. The Kier molecular flexibility index (Phi) is 5.33. The predicted octanol–water partition coefficient (Wildman–Crippen LogP) is 2.68. The fraction of sp³-hybridized carbons (Fsp3) is 0.154. The zero-order valence-electron chi connectivity index (χ0n) is 18.8. The highest BCUT2D eigenvalue weighted by atomic mass is 16.2. The minimum absolute atomic E-state index is 0.0802. The number of rotatable bonds is 5. The van der Waals surface area contributed by atoms with E-state index in [4.69, 9.17) is 0 Å². The third-order valence-electron chi connectivity index (χ3n) is 6.22. The molecule has 1 atom stereocenters. The summed E-state index contributed by atoms with van der Waals surface area (Å²) in [4.78, 5) is 45.3. The molecule has 0 saturated carbocycles. The number of aromatic nitrogens is 4. The Hall–Kier alpha value is -4.46. The van der Waals surface area contributed by atoms with Crippen molar-refractivity contribution in [2.24, 2.45) is 14.1 Å². The van der Waals surface area contributed by atoms with E-state index in [2.05, 4.69) is 21.4 Å². The van der Waals surface area contributed by atoms with Crippen LogP contribution in [-0.4, -0.2) is 31.6 Å². The molecule has 0 aliphatic rings. The van der Waals surface area contributed by atoms with Gasteiger partial charge in [-0.2, -0.15) is 0 Å². The Bertz CT molecular complexity index is 1650. The summed E-state index contributed by atoms with van der Waals surface area (Å²) in [6.45, 7) is 0.355. The highest BCUT2D eigenvalue weighted by Gasteiger charge is 2.20. The smallest absolute Gasteiger partial charge is 0.332 e. The Morgan fingerprint density at radius 2 is 1.74 bits per heavy atom. The van der Waals surface area contributed by atoms with E-state index in [-0.39, 0.29) is 28.4 Å². The van der Waals surface area contributed by atoms with E-state index in [9.17, 15) is 14.4 Å². The summed E-state index contributed by atoms with van der Waals surface area (Å²) < 4.78 is 2.30. The molecule has 0 aliphatic carbocycles. The minimum Gasteiger partial charge on any atom is -0.361 e. The number of pyridine rings is 1. The van der Waals surface area contributed by atoms with Crippen LogP contribution < -0.4 is 16.6 Å². The van der Waals surface area contributed by atoms with Crippen LogP contribution in [0.5, 0.6) is 0 Å². The number of amides is 1. The molecule has 2 aromatic carbocycles. The van der Waals surface area contributed by atoms with Crippen LogP contribution in [0.2, 0.25) is 0 Å². The summed E-state index contributed by atoms with van der Waals surface area (Å²) in [5.41, 5.74) is 2.74. The molecule has 5 rings (SSSR count). The van der Waals surface area contributed by atoms with Crippen molar-refractivity contribution >= 4 is 27.8 Å². The minimum atomic E-state index is -0.485. The van der Waals surface area contributed by atoms with Gasteiger partial charge in [0.25, 0.3) is 11.5 Å². The lowest BCUT2D eigenvalue weighted by molar-refractivity contribution is 0.0952. The second-order valence-corrected chi connectivity index (χ2v) is 8.26. The van der Waals surface area contributed by atoms with Crippen molar-refractivity contribution in [3.05, 3.63) is 111 Å². The Balaban J connectivity index is 1.48. The summed E-state index contributed by atoms with van der Waals surface area (Å²) in [5, 5.41) is 4.32. The molecule has 0 spiro atoms. The summed E-state index contributed by atoms with van der Waals surface area (Å²) in [6, 6.07) is 19.6. The first-order valence-corrected chi connectivity index (χ1v) is 10.9. The molecule has 34 heavy (non-hydrogen) atoms. The Labute approximate surface area is 194 Å². The molecule has 0 aliphatic heterocycles. The first-order chi connectivity index (χ1) is 16.5. The van der Waals surface area contributed by atoms with Crippen molar-refractivity contribution in [1.29, 1.82) is 0 Å². The van der Waals surface area contributed by atoms with Crippen LogP contribution in [0.15, 0.2) is 82.6 Å². The third-order valence-corrected chi connectivity index (χ3v) is 6.22. The second kappa shape index (κ2) is 8.47. The maximum Gasteiger partial charge on any atom is 0.332 e. The molecule has 3 aromatic heterocycles. The normalized spacial score (nSPS) is 12.2. The topological polar surface area (TPSA) is 102 Å². The zero-order chi connectivity index (χ0) is 23.8. The van der Waals surface area contributed by atoms with E-state index >= 15 is 0 Å². The van der Waals surface area contributed by atoms with Crippen molar-refractivity contribution in [2.45, 2.75) is 5.92 Å². The van der Waals surface area contributed by atoms with Gasteiger partial charge in [-0.1, -0.05) is 48.5 Å². The Morgan fingerprint density at radius 1 is 1.00 bits per heavy atom. The first kappa shape index (κ1) is 21.4. The number of benzene rings is 2. The number of hydrogen-bond acceptors (Lipinski definition) is 4. The molecule has 0 radical (unpaired) electrons. The first-order valence-electron chi connectivity index (χ1n) is 10.9. The van der Waals surface area contributed by atoms with Crippen LogP contribution in [0.25, 0.3) is 21.9 Å². The number of para-hydroxylation sites is 1. The maximum absolute atomic E-state index is 13.1. The van der Waals surface area contributed by atoms with Gasteiger partial charge in [0.2, 0.25) is 0 Å². The Morgan fingerprint density at radius 3 is 2.53 bits per heavy atom. The lowest BCUT2D eigenvalue weighted by Gasteiger charge is -2.18. The van der Waals surface area contributed by atoms with Crippen molar-refractivity contribution in [2.75, 3.05) is 6.54 Å². The molecule has 0 saturated heterocycles. The van der Waals surface area contributed by atoms with E-state index in [1.54, 1.807) is 7.05 Å². The summed E-state index contributed by atoms with van der Waals surface area (Å²) >= 11 is 0. The van der Waals surface area contributed by atoms with Gasteiger partial charge in [-0.3, -0.25) is 18.7 Å². The third kappa shape index (κ3) is 3.59. The monoisotopic (exact) mass is 453 g/mol. The molecule has 0 fully saturated rings. The van der Waals surface area contributed by atoms with E-state index in [0.717, 1.165) is 26.6 Å². The number of aryl methyl sites for hydroxylation is 1. The van der Waals surface area contributed by atoms with Crippen LogP contribution in [0.4, 0.5) is 0 Å².